The fourth-order valence-electron chi connectivity index (χ4n) is 1.89. The third kappa shape index (κ3) is 2.08. The van der Waals surface area contributed by atoms with Crippen molar-refractivity contribution in [1.82, 2.24) is 9.97 Å². The van der Waals surface area contributed by atoms with E-state index in [4.69, 9.17) is 0 Å². The van der Waals surface area contributed by atoms with E-state index in [1.165, 1.54) is 23.5 Å². The Kier molecular flexibility index (Phi) is 2.97. The predicted octanol–water partition coefficient (Wildman–Crippen LogP) is 3.51. The summed E-state index contributed by atoms with van der Waals surface area (Å²) in [6.45, 7) is 0. The summed E-state index contributed by atoms with van der Waals surface area (Å²) in [6, 6.07) is 7.88. The number of aromatic nitrogens is 2. The van der Waals surface area contributed by atoms with Crippen LogP contribution in [0.25, 0.3) is 10.6 Å². The Bertz CT molecular complexity index is 705. The Morgan fingerprint density at radius 1 is 1.26 bits per heavy atom. The molecule has 5 heteroatoms. The van der Waals surface area contributed by atoms with Crippen LogP contribution < -0.4 is 0 Å². The van der Waals surface area contributed by atoms with Gasteiger partial charge in [0.1, 0.15) is 10.8 Å². The molecule has 0 saturated carbocycles. The van der Waals surface area contributed by atoms with E-state index >= 15 is 0 Å². The molecule has 3 aromatic rings. The number of hydrogen-bond donors (Lipinski definition) is 1. The van der Waals surface area contributed by atoms with Gasteiger partial charge in [0.05, 0.1) is 11.3 Å². The summed E-state index contributed by atoms with van der Waals surface area (Å²) in [4.78, 5) is 19.3. The van der Waals surface area contributed by atoms with Crippen LogP contribution in [0.3, 0.4) is 0 Å². The van der Waals surface area contributed by atoms with Crippen LogP contribution in [-0.2, 0) is 0 Å². The van der Waals surface area contributed by atoms with Gasteiger partial charge in [0, 0.05) is 23.3 Å². The Hall–Kier alpha value is -2.27. The number of nitrogens with zero attached hydrogens (tertiary/aromatic N) is 1. The summed E-state index contributed by atoms with van der Waals surface area (Å²) in [6.07, 6.45) is 3.25. The van der Waals surface area contributed by atoms with Gasteiger partial charge < -0.3 is 4.98 Å². The summed E-state index contributed by atoms with van der Waals surface area (Å²) in [5, 5.41) is 2.26. The zero-order chi connectivity index (χ0) is 13.2. The van der Waals surface area contributed by atoms with Gasteiger partial charge in [-0.2, -0.15) is 0 Å². The van der Waals surface area contributed by atoms with Crippen LogP contribution >= 0.6 is 11.3 Å². The van der Waals surface area contributed by atoms with Crippen molar-refractivity contribution in [2.24, 2.45) is 0 Å². The van der Waals surface area contributed by atoms with Crippen molar-refractivity contribution in [2.75, 3.05) is 0 Å². The van der Waals surface area contributed by atoms with Crippen LogP contribution in [0.1, 0.15) is 16.1 Å². The third-order valence-corrected chi connectivity index (χ3v) is 3.54. The Labute approximate surface area is 112 Å². The number of carbonyl (C=O) groups is 1. The molecule has 0 amide bonds. The molecular formula is C14H9FN2OS. The lowest BCUT2D eigenvalue weighted by molar-refractivity contribution is 0.103. The average molecular weight is 272 g/mol. The topological polar surface area (TPSA) is 45.8 Å². The number of ketones is 1. The summed E-state index contributed by atoms with van der Waals surface area (Å²) in [5.41, 5.74) is 1.01. The van der Waals surface area contributed by atoms with E-state index in [0.717, 1.165) is 0 Å². The summed E-state index contributed by atoms with van der Waals surface area (Å²) in [7, 11) is 0. The van der Waals surface area contributed by atoms with E-state index < -0.39 is 5.82 Å². The van der Waals surface area contributed by atoms with Crippen LogP contribution in [0, 0.1) is 5.82 Å². The number of rotatable bonds is 3. The van der Waals surface area contributed by atoms with Gasteiger partial charge in [-0.25, -0.2) is 9.37 Å². The van der Waals surface area contributed by atoms with E-state index in [0.29, 0.717) is 16.3 Å². The number of H-pyrrole nitrogens is 1. The zero-order valence-corrected chi connectivity index (χ0v) is 10.6. The minimum absolute atomic E-state index is 0.241. The van der Waals surface area contributed by atoms with Gasteiger partial charge in [0.25, 0.3) is 0 Å². The van der Waals surface area contributed by atoms with Crippen LogP contribution in [0.5, 0.6) is 0 Å². The number of halogens is 1. The number of aromatic amines is 1. The van der Waals surface area contributed by atoms with Crippen molar-refractivity contribution in [3.05, 3.63) is 65.2 Å². The first kappa shape index (κ1) is 11.8. The number of hydrogen-bond acceptors (Lipinski definition) is 3. The molecule has 2 aromatic heterocycles. The first-order chi connectivity index (χ1) is 9.27. The van der Waals surface area contributed by atoms with Crippen molar-refractivity contribution in [2.45, 2.75) is 0 Å². The molecule has 0 spiro atoms. The molecule has 19 heavy (non-hydrogen) atoms. The SMILES string of the molecule is O=C(c1ccc[nH]1)c1cccc(F)c1-c1nccs1. The number of benzene rings is 1. The summed E-state index contributed by atoms with van der Waals surface area (Å²) < 4.78 is 14.0. The normalized spacial score (nSPS) is 10.6. The lowest BCUT2D eigenvalue weighted by atomic mass is 10.0. The zero-order valence-electron chi connectivity index (χ0n) is 9.76. The van der Waals surface area contributed by atoms with Crippen molar-refractivity contribution in [3.63, 3.8) is 0 Å². The number of thiazole rings is 1. The monoisotopic (exact) mass is 272 g/mol. The lowest BCUT2D eigenvalue weighted by Crippen LogP contribution is -2.05. The molecule has 0 atom stereocenters. The van der Waals surface area contributed by atoms with E-state index in [1.54, 1.807) is 36.0 Å². The second kappa shape index (κ2) is 4.78. The molecule has 0 radical (unpaired) electrons. The highest BCUT2D eigenvalue weighted by Crippen LogP contribution is 2.29. The van der Waals surface area contributed by atoms with E-state index in [9.17, 15) is 9.18 Å². The van der Waals surface area contributed by atoms with Crippen LogP contribution in [-0.4, -0.2) is 15.8 Å². The molecule has 0 aliphatic heterocycles. The van der Waals surface area contributed by atoms with E-state index in [1.807, 2.05) is 0 Å². The highest BCUT2D eigenvalue weighted by Gasteiger charge is 2.19. The second-order valence-corrected chi connectivity index (χ2v) is 4.81. The standard InChI is InChI=1S/C14H9FN2OS/c15-10-4-1-3-9(12(10)14-17-7-8-19-14)13(18)11-5-2-6-16-11/h1-8,16H. The van der Waals surface area contributed by atoms with Gasteiger partial charge in [-0.1, -0.05) is 12.1 Å². The average Bonchev–Trinajstić information content (AvgIpc) is 3.10. The minimum Gasteiger partial charge on any atom is -0.359 e. The summed E-state index contributed by atoms with van der Waals surface area (Å²) >= 11 is 1.31. The van der Waals surface area contributed by atoms with E-state index in [2.05, 4.69) is 9.97 Å². The molecular weight excluding hydrogens is 263 g/mol. The van der Waals surface area contributed by atoms with Crippen LogP contribution in [0.15, 0.2) is 48.1 Å². The first-order valence-electron chi connectivity index (χ1n) is 5.64. The molecule has 0 aliphatic rings. The van der Waals surface area contributed by atoms with Gasteiger partial charge in [-0.15, -0.1) is 11.3 Å². The fourth-order valence-corrected chi connectivity index (χ4v) is 2.59. The van der Waals surface area contributed by atoms with Crippen molar-refractivity contribution < 1.29 is 9.18 Å². The molecule has 3 rings (SSSR count). The molecule has 2 heterocycles. The lowest BCUT2D eigenvalue weighted by Gasteiger charge is -2.06. The molecule has 1 aromatic carbocycles. The highest BCUT2D eigenvalue weighted by molar-refractivity contribution is 7.13. The maximum absolute atomic E-state index is 14.0. The maximum Gasteiger partial charge on any atom is 0.209 e. The minimum atomic E-state index is -0.438. The largest absolute Gasteiger partial charge is 0.359 e. The third-order valence-electron chi connectivity index (χ3n) is 2.75. The Morgan fingerprint density at radius 2 is 2.16 bits per heavy atom. The number of carbonyl (C=O) groups excluding carboxylic acids is 1. The van der Waals surface area contributed by atoms with Gasteiger partial charge in [0.2, 0.25) is 5.78 Å². The van der Waals surface area contributed by atoms with Gasteiger partial charge in [-0.3, -0.25) is 4.79 Å². The Balaban J connectivity index is 2.17. The molecule has 0 unspecified atom stereocenters. The Morgan fingerprint density at radius 3 is 2.84 bits per heavy atom. The van der Waals surface area contributed by atoms with Crippen molar-refractivity contribution >= 4 is 17.1 Å². The second-order valence-electron chi connectivity index (χ2n) is 3.91. The van der Waals surface area contributed by atoms with Gasteiger partial charge in [-0.05, 0) is 18.2 Å². The highest BCUT2D eigenvalue weighted by atomic mass is 32.1. The molecule has 94 valence electrons. The molecule has 0 saturated heterocycles. The van der Waals surface area contributed by atoms with Gasteiger partial charge in [0.15, 0.2) is 0 Å². The van der Waals surface area contributed by atoms with Crippen molar-refractivity contribution in [1.29, 1.82) is 0 Å². The fraction of sp³-hybridized carbons (Fsp3) is 0. The van der Waals surface area contributed by atoms with Crippen LogP contribution in [0.4, 0.5) is 4.39 Å². The maximum atomic E-state index is 14.0. The molecule has 1 N–H and O–H groups in total. The molecule has 0 aliphatic carbocycles. The van der Waals surface area contributed by atoms with Crippen LogP contribution in [0.2, 0.25) is 0 Å². The molecule has 0 fully saturated rings. The summed E-state index contributed by atoms with van der Waals surface area (Å²) in [5.74, 6) is -0.679. The van der Waals surface area contributed by atoms with Gasteiger partial charge >= 0.3 is 0 Å². The first-order valence-corrected chi connectivity index (χ1v) is 6.52. The smallest absolute Gasteiger partial charge is 0.209 e. The molecule has 0 bridgehead atoms. The number of nitrogens with one attached hydrogen (secondary N) is 1. The van der Waals surface area contributed by atoms with E-state index in [-0.39, 0.29) is 11.3 Å². The van der Waals surface area contributed by atoms with Crippen molar-refractivity contribution in [3.8, 4) is 10.6 Å². The predicted molar refractivity (Wildman–Crippen MR) is 71.7 cm³/mol. The molecule has 3 nitrogen and oxygen atoms in total. The quantitative estimate of drug-likeness (QED) is 0.742.